The van der Waals surface area contributed by atoms with E-state index in [4.69, 9.17) is 16.3 Å². The van der Waals surface area contributed by atoms with Crippen molar-refractivity contribution in [3.8, 4) is 0 Å². The minimum Gasteiger partial charge on any atom is -0.379 e. The van der Waals surface area contributed by atoms with Gasteiger partial charge in [-0.1, -0.05) is 11.6 Å². The number of nitrogens with one attached hydrogen (secondary N) is 1. The Labute approximate surface area is 98.2 Å². The van der Waals surface area contributed by atoms with Crippen molar-refractivity contribution in [1.82, 2.24) is 15.3 Å². The summed E-state index contributed by atoms with van der Waals surface area (Å²) in [4.78, 5) is 19.4. The van der Waals surface area contributed by atoms with Gasteiger partial charge in [-0.15, -0.1) is 0 Å². The van der Waals surface area contributed by atoms with Gasteiger partial charge in [0.05, 0.1) is 25.0 Å². The second-order valence-electron chi connectivity index (χ2n) is 3.61. The predicted molar refractivity (Wildman–Crippen MR) is 58.3 cm³/mol. The standard InChI is InChI=1S/C10H12ClN3O2/c11-9-5-12-8(4-13-9)10(15)14-7-2-1-3-16-6-7/h4-5,7H,1-3,6H2,(H,14,15). The molecule has 0 aromatic carbocycles. The fourth-order valence-electron chi connectivity index (χ4n) is 1.54. The monoisotopic (exact) mass is 241 g/mol. The lowest BCUT2D eigenvalue weighted by Crippen LogP contribution is -2.40. The zero-order valence-corrected chi connectivity index (χ0v) is 9.41. The Balaban J connectivity index is 1.94. The summed E-state index contributed by atoms with van der Waals surface area (Å²) < 4.78 is 5.27. The number of ether oxygens (including phenoxy) is 1. The van der Waals surface area contributed by atoms with E-state index in [0.717, 1.165) is 19.4 Å². The Kier molecular flexibility index (Phi) is 3.69. The quantitative estimate of drug-likeness (QED) is 0.840. The molecule has 0 radical (unpaired) electrons. The summed E-state index contributed by atoms with van der Waals surface area (Å²) in [5, 5.41) is 3.12. The van der Waals surface area contributed by atoms with Crippen LogP contribution in [0.25, 0.3) is 0 Å². The maximum absolute atomic E-state index is 11.7. The second kappa shape index (κ2) is 5.23. The van der Waals surface area contributed by atoms with Crippen molar-refractivity contribution in [1.29, 1.82) is 0 Å². The Morgan fingerprint density at radius 2 is 2.38 bits per heavy atom. The Hall–Kier alpha value is -1.20. The van der Waals surface area contributed by atoms with Gasteiger partial charge in [0.1, 0.15) is 10.8 Å². The van der Waals surface area contributed by atoms with Crippen LogP contribution in [0.3, 0.4) is 0 Å². The van der Waals surface area contributed by atoms with Crippen LogP contribution in [0.15, 0.2) is 12.4 Å². The molecule has 1 amide bonds. The molecule has 0 saturated carbocycles. The lowest BCUT2D eigenvalue weighted by atomic mass is 10.1. The molecular formula is C10H12ClN3O2. The summed E-state index contributed by atoms with van der Waals surface area (Å²) in [7, 11) is 0. The number of hydrogen-bond donors (Lipinski definition) is 1. The minimum absolute atomic E-state index is 0.0683. The topological polar surface area (TPSA) is 64.1 Å². The first-order chi connectivity index (χ1) is 7.75. The summed E-state index contributed by atoms with van der Waals surface area (Å²) in [6, 6.07) is 0.0683. The van der Waals surface area contributed by atoms with Crippen molar-refractivity contribution >= 4 is 17.5 Å². The maximum Gasteiger partial charge on any atom is 0.271 e. The number of hydrogen-bond acceptors (Lipinski definition) is 4. The van der Waals surface area contributed by atoms with Gasteiger partial charge in [0, 0.05) is 6.61 Å². The van der Waals surface area contributed by atoms with Crippen LogP contribution in [0.5, 0.6) is 0 Å². The van der Waals surface area contributed by atoms with Gasteiger partial charge in [-0.2, -0.15) is 0 Å². The number of aromatic nitrogens is 2. The molecule has 0 aliphatic carbocycles. The molecule has 1 aromatic heterocycles. The molecule has 86 valence electrons. The highest BCUT2D eigenvalue weighted by molar-refractivity contribution is 6.29. The smallest absolute Gasteiger partial charge is 0.271 e. The van der Waals surface area contributed by atoms with E-state index in [2.05, 4.69) is 15.3 Å². The molecule has 2 heterocycles. The van der Waals surface area contributed by atoms with Crippen molar-refractivity contribution < 1.29 is 9.53 Å². The zero-order chi connectivity index (χ0) is 11.4. The van der Waals surface area contributed by atoms with Crippen LogP contribution >= 0.6 is 11.6 Å². The van der Waals surface area contributed by atoms with E-state index in [1.54, 1.807) is 0 Å². The predicted octanol–water partition coefficient (Wildman–Crippen LogP) is 1.04. The van der Waals surface area contributed by atoms with Gasteiger partial charge in [-0.25, -0.2) is 9.97 Å². The first-order valence-corrected chi connectivity index (χ1v) is 5.49. The van der Waals surface area contributed by atoms with Gasteiger partial charge in [0.15, 0.2) is 0 Å². The van der Waals surface area contributed by atoms with Crippen LogP contribution in [-0.4, -0.2) is 35.1 Å². The molecule has 1 aromatic rings. The molecule has 1 N–H and O–H groups in total. The van der Waals surface area contributed by atoms with E-state index in [1.807, 2.05) is 0 Å². The van der Waals surface area contributed by atoms with Crippen molar-refractivity contribution in [2.24, 2.45) is 0 Å². The van der Waals surface area contributed by atoms with Crippen LogP contribution in [0.2, 0.25) is 5.15 Å². The number of carbonyl (C=O) groups excluding carboxylic acids is 1. The van der Waals surface area contributed by atoms with Crippen LogP contribution in [-0.2, 0) is 4.74 Å². The van der Waals surface area contributed by atoms with Crippen LogP contribution in [0.4, 0.5) is 0 Å². The largest absolute Gasteiger partial charge is 0.379 e. The molecular weight excluding hydrogens is 230 g/mol. The molecule has 1 aliphatic rings. The van der Waals surface area contributed by atoms with Crippen LogP contribution in [0.1, 0.15) is 23.3 Å². The summed E-state index contributed by atoms with van der Waals surface area (Å²) in [6.07, 6.45) is 4.62. The summed E-state index contributed by atoms with van der Waals surface area (Å²) in [5.74, 6) is -0.236. The summed E-state index contributed by atoms with van der Waals surface area (Å²) in [6.45, 7) is 1.33. The molecule has 5 nitrogen and oxygen atoms in total. The van der Waals surface area contributed by atoms with E-state index >= 15 is 0 Å². The molecule has 16 heavy (non-hydrogen) atoms. The highest BCUT2D eigenvalue weighted by Crippen LogP contribution is 2.07. The number of rotatable bonds is 2. The SMILES string of the molecule is O=C(NC1CCCOC1)c1cnc(Cl)cn1. The van der Waals surface area contributed by atoms with Crippen LogP contribution < -0.4 is 5.32 Å². The van der Waals surface area contributed by atoms with Gasteiger partial charge in [-0.05, 0) is 12.8 Å². The summed E-state index contributed by atoms with van der Waals surface area (Å²) >= 11 is 5.58. The normalized spacial score (nSPS) is 20.4. The Bertz CT molecular complexity index is 363. The Morgan fingerprint density at radius 3 is 3.00 bits per heavy atom. The van der Waals surface area contributed by atoms with Crippen molar-refractivity contribution in [2.45, 2.75) is 18.9 Å². The lowest BCUT2D eigenvalue weighted by molar-refractivity contribution is 0.0622. The number of halogens is 1. The van der Waals surface area contributed by atoms with Gasteiger partial charge in [0.2, 0.25) is 0 Å². The van der Waals surface area contributed by atoms with Crippen molar-refractivity contribution in [3.05, 3.63) is 23.2 Å². The molecule has 6 heteroatoms. The molecule has 1 fully saturated rings. The van der Waals surface area contributed by atoms with E-state index in [9.17, 15) is 4.79 Å². The third-order valence-corrected chi connectivity index (χ3v) is 2.54. The lowest BCUT2D eigenvalue weighted by Gasteiger charge is -2.22. The van der Waals surface area contributed by atoms with E-state index in [0.29, 0.717) is 6.61 Å². The van der Waals surface area contributed by atoms with Gasteiger partial charge in [-0.3, -0.25) is 4.79 Å². The highest BCUT2D eigenvalue weighted by atomic mass is 35.5. The van der Waals surface area contributed by atoms with E-state index < -0.39 is 0 Å². The Morgan fingerprint density at radius 1 is 1.50 bits per heavy atom. The molecule has 1 atom stereocenters. The number of carbonyl (C=O) groups is 1. The molecule has 0 bridgehead atoms. The molecule has 0 spiro atoms. The fraction of sp³-hybridized carbons (Fsp3) is 0.500. The molecule has 1 aliphatic heterocycles. The maximum atomic E-state index is 11.7. The minimum atomic E-state index is -0.236. The van der Waals surface area contributed by atoms with Gasteiger partial charge >= 0.3 is 0 Å². The van der Waals surface area contributed by atoms with E-state index in [-0.39, 0.29) is 22.8 Å². The van der Waals surface area contributed by atoms with E-state index in [1.165, 1.54) is 12.4 Å². The number of nitrogens with zero attached hydrogens (tertiary/aromatic N) is 2. The average Bonchev–Trinajstić information content (AvgIpc) is 2.31. The van der Waals surface area contributed by atoms with Crippen molar-refractivity contribution in [3.63, 3.8) is 0 Å². The first-order valence-electron chi connectivity index (χ1n) is 5.12. The van der Waals surface area contributed by atoms with Crippen LogP contribution in [0, 0.1) is 0 Å². The zero-order valence-electron chi connectivity index (χ0n) is 8.65. The third-order valence-electron chi connectivity index (χ3n) is 2.35. The fourth-order valence-corrected chi connectivity index (χ4v) is 1.64. The molecule has 1 saturated heterocycles. The first kappa shape index (κ1) is 11.3. The average molecular weight is 242 g/mol. The summed E-state index contributed by atoms with van der Waals surface area (Å²) in [5.41, 5.74) is 0.273. The molecule has 2 rings (SSSR count). The third kappa shape index (κ3) is 2.90. The second-order valence-corrected chi connectivity index (χ2v) is 4.00. The van der Waals surface area contributed by atoms with Crippen molar-refractivity contribution in [2.75, 3.05) is 13.2 Å². The van der Waals surface area contributed by atoms with Gasteiger partial charge in [0.25, 0.3) is 5.91 Å². The van der Waals surface area contributed by atoms with Gasteiger partial charge < -0.3 is 10.1 Å². The number of amides is 1. The highest BCUT2D eigenvalue weighted by Gasteiger charge is 2.17. The molecule has 1 unspecified atom stereocenters.